The summed E-state index contributed by atoms with van der Waals surface area (Å²) < 4.78 is 111. The fourth-order valence-electron chi connectivity index (χ4n) is 6.39. The zero-order chi connectivity index (χ0) is 37.1. The van der Waals surface area contributed by atoms with Crippen molar-refractivity contribution in [1.82, 2.24) is 14.9 Å². The second kappa shape index (κ2) is 15.2. The molecule has 0 aliphatic carbocycles. The minimum atomic E-state index is -4.89. The summed E-state index contributed by atoms with van der Waals surface area (Å²) in [5, 5.41) is -0.383. The lowest BCUT2D eigenvalue weighted by Gasteiger charge is -2.48. The molecule has 0 bridgehead atoms. The summed E-state index contributed by atoms with van der Waals surface area (Å²) in [4.78, 5) is 10.5. The minimum absolute atomic E-state index is 0.119. The molecule has 274 valence electrons. The fraction of sp³-hybridized carbons (Fsp3) is 0.371. The number of aromatic nitrogens is 2. The van der Waals surface area contributed by atoms with Crippen LogP contribution in [0.25, 0.3) is 0 Å². The molecule has 2 heterocycles. The van der Waals surface area contributed by atoms with E-state index in [9.17, 15) is 21.6 Å². The molecule has 16 heteroatoms. The maximum absolute atomic E-state index is 16.0. The number of ether oxygens (including phenoxy) is 2. The molecule has 9 nitrogen and oxygen atoms in total. The normalized spacial score (nSPS) is 16.7. The first-order valence-electron chi connectivity index (χ1n) is 15.9. The summed E-state index contributed by atoms with van der Waals surface area (Å²) in [6, 6.07) is 11.7. The van der Waals surface area contributed by atoms with Crippen LogP contribution in [0.1, 0.15) is 36.0 Å². The topological polar surface area (TPSA) is 88.1 Å². The summed E-state index contributed by atoms with van der Waals surface area (Å²) in [6.07, 6.45) is 0.136. The lowest BCUT2D eigenvalue weighted by molar-refractivity contribution is -0.137. The molecule has 0 amide bonds. The maximum atomic E-state index is 16.0. The number of nitrogens with zero attached hydrogens (tertiary/aromatic N) is 5. The number of likely N-dealkylation sites (N-methyl/N-ethyl adjacent to an activating group) is 1. The quantitative estimate of drug-likeness (QED) is 0.139. The van der Waals surface area contributed by atoms with E-state index in [0.717, 1.165) is 28.8 Å². The monoisotopic (exact) mass is 753 g/mol. The van der Waals surface area contributed by atoms with Crippen LogP contribution in [0.5, 0.6) is 11.5 Å². The van der Waals surface area contributed by atoms with Crippen LogP contribution in [-0.2, 0) is 29.2 Å². The second-order valence-electron chi connectivity index (χ2n) is 12.5. The molecule has 1 fully saturated rings. The lowest BCUT2D eigenvalue weighted by atomic mass is 9.82. The van der Waals surface area contributed by atoms with Gasteiger partial charge in [0.05, 0.1) is 31.4 Å². The highest BCUT2D eigenvalue weighted by Gasteiger charge is 2.39. The third-order valence-corrected chi connectivity index (χ3v) is 11.4. The molecule has 1 aliphatic rings. The Hall–Kier alpha value is -4.21. The number of hydrogen-bond acceptors (Lipinski definition) is 8. The van der Waals surface area contributed by atoms with Gasteiger partial charge in [0.25, 0.3) is 10.0 Å². The zero-order valence-electron chi connectivity index (χ0n) is 28.3. The number of anilines is 2. The van der Waals surface area contributed by atoms with E-state index in [0.29, 0.717) is 55.6 Å². The van der Waals surface area contributed by atoms with Crippen molar-refractivity contribution in [3.63, 3.8) is 0 Å². The van der Waals surface area contributed by atoms with Crippen LogP contribution in [-0.4, -0.2) is 70.2 Å². The van der Waals surface area contributed by atoms with Crippen LogP contribution in [0.4, 0.5) is 33.5 Å². The Bertz CT molecular complexity index is 1950. The van der Waals surface area contributed by atoms with Gasteiger partial charge in [0.1, 0.15) is 35.3 Å². The number of alkyl halides is 3. The number of benzene rings is 3. The predicted molar refractivity (Wildman–Crippen MR) is 184 cm³/mol. The Kier molecular flexibility index (Phi) is 11.3. The number of hydrogen-bond donors (Lipinski definition) is 0. The van der Waals surface area contributed by atoms with Crippen LogP contribution >= 0.6 is 11.6 Å². The van der Waals surface area contributed by atoms with Crippen molar-refractivity contribution in [1.29, 1.82) is 0 Å². The van der Waals surface area contributed by atoms with E-state index in [-0.39, 0.29) is 28.8 Å². The molecule has 1 aromatic heterocycles. The molecule has 1 saturated heterocycles. The molecule has 1 aliphatic heterocycles. The fourth-order valence-corrected chi connectivity index (χ4v) is 8.19. The Morgan fingerprint density at radius 1 is 1.00 bits per heavy atom. The van der Waals surface area contributed by atoms with Gasteiger partial charge < -0.3 is 19.3 Å². The molecule has 1 atom stereocenters. The lowest BCUT2D eigenvalue weighted by Crippen LogP contribution is -2.56. The van der Waals surface area contributed by atoms with Crippen molar-refractivity contribution >= 4 is 33.1 Å². The van der Waals surface area contributed by atoms with Gasteiger partial charge in [0, 0.05) is 48.2 Å². The zero-order valence-corrected chi connectivity index (χ0v) is 29.9. The molecule has 0 radical (unpaired) electrons. The highest BCUT2D eigenvalue weighted by atomic mass is 35.5. The van der Waals surface area contributed by atoms with Crippen molar-refractivity contribution in [2.24, 2.45) is 0 Å². The van der Waals surface area contributed by atoms with E-state index in [1.54, 1.807) is 23.1 Å². The van der Waals surface area contributed by atoms with Crippen LogP contribution in [0.2, 0.25) is 5.02 Å². The van der Waals surface area contributed by atoms with Gasteiger partial charge in [-0.15, -0.1) is 0 Å². The number of piperidine rings is 1. The molecule has 51 heavy (non-hydrogen) atoms. The summed E-state index contributed by atoms with van der Waals surface area (Å²) in [5.41, 5.74) is -0.276. The van der Waals surface area contributed by atoms with Crippen molar-refractivity contribution in [2.75, 3.05) is 50.6 Å². The van der Waals surface area contributed by atoms with E-state index in [2.05, 4.69) is 9.97 Å². The average Bonchev–Trinajstić information content (AvgIpc) is 3.09. The summed E-state index contributed by atoms with van der Waals surface area (Å²) in [5.74, 6) is -1.94. The van der Waals surface area contributed by atoms with Crippen molar-refractivity contribution in [3.8, 4) is 11.5 Å². The molecule has 4 aromatic rings. The van der Waals surface area contributed by atoms with E-state index < -0.39 is 43.8 Å². The average molecular weight is 754 g/mol. The van der Waals surface area contributed by atoms with Gasteiger partial charge in [0.15, 0.2) is 4.90 Å². The van der Waals surface area contributed by atoms with Crippen molar-refractivity contribution in [2.45, 2.75) is 48.8 Å². The molecule has 3 aromatic carbocycles. The van der Waals surface area contributed by atoms with Gasteiger partial charge in [-0.05, 0) is 81.7 Å². The molecule has 5 rings (SSSR count). The first-order chi connectivity index (χ1) is 24.1. The standard InChI is InChI=1S/C35H37ClF5N5O4S/c1-44(2)34(13-10-23-6-9-27(28(36)16-23)35(39,40)41)12-5-15-45(21-34)25-17-29(37)33(30(38)18-25)51(47,48)46(32-11-14-42-22-43-32)20-24-7-8-26(49-3)19-31(24)50-4/h6-9,11,14,16-19,22H,5,10,12-13,15,20-21H2,1-4H3. The van der Waals surface area contributed by atoms with Crippen molar-refractivity contribution < 1.29 is 39.8 Å². The van der Waals surface area contributed by atoms with Crippen LogP contribution in [0.3, 0.4) is 0 Å². The number of rotatable bonds is 12. The minimum Gasteiger partial charge on any atom is -0.497 e. The number of methoxy groups -OCH3 is 2. The summed E-state index contributed by atoms with van der Waals surface area (Å²) in [7, 11) is 1.72. The van der Waals surface area contributed by atoms with Gasteiger partial charge in [-0.25, -0.2) is 31.5 Å². The molecular formula is C35H37ClF5N5O4S. The third kappa shape index (κ3) is 8.15. The second-order valence-corrected chi connectivity index (χ2v) is 14.7. The third-order valence-electron chi connectivity index (χ3n) is 9.25. The summed E-state index contributed by atoms with van der Waals surface area (Å²) >= 11 is 5.96. The molecular weight excluding hydrogens is 717 g/mol. The Morgan fingerprint density at radius 2 is 1.73 bits per heavy atom. The number of aryl methyl sites for hydroxylation is 1. The Labute approximate surface area is 298 Å². The molecule has 0 spiro atoms. The van der Waals surface area contributed by atoms with Gasteiger partial charge in [-0.1, -0.05) is 17.7 Å². The first-order valence-corrected chi connectivity index (χ1v) is 17.7. The maximum Gasteiger partial charge on any atom is 0.417 e. The Morgan fingerprint density at radius 3 is 2.31 bits per heavy atom. The highest BCUT2D eigenvalue weighted by molar-refractivity contribution is 7.92. The van der Waals surface area contributed by atoms with E-state index >= 15 is 8.78 Å². The van der Waals surface area contributed by atoms with E-state index in [4.69, 9.17) is 21.1 Å². The first kappa shape index (κ1) is 38.0. The van der Waals surface area contributed by atoms with Gasteiger partial charge in [0.2, 0.25) is 0 Å². The highest BCUT2D eigenvalue weighted by Crippen LogP contribution is 2.38. The van der Waals surface area contributed by atoms with Gasteiger partial charge >= 0.3 is 6.18 Å². The van der Waals surface area contributed by atoms with Gasteiger partial charge in [-0.2, -0.15) is 13.2 Å². The van der Waals surface area contributed by atoms with Crippen molar-refractivity contribution in [3.05, 3.63) is 100 Å². The number of halogens is 6. The van der Waals surface area contributed by atoms with E-state index in [1.807, 2.05) is 19.0 Å². The molecule has 0 saturated carbocycles. The Balaban J connectivity index is 1.44. The van der Waals surface area contributed by atoms with E-state index in [1.165, 1.54) is 38.6 Å². The SMILES string of the molecule is COc1ccc(CN(c2ccncn2)S(=O)(=O)c2c(F)cc(N3CCCC(CCc4ccc(C(F)(F)F)c(Cl)c4)(N(C)C)C3)cc2F)c(OC)c1. The molecule has 1 unspecified atom stereocenters. The van der Waals surface area contributed by atoms with Crippen LogP contribution in [0.15, 0.2) is 72.0 Å². The summed E-state index contributed by atoms with van der Waals surface area (Å²) in [6.45, 7) is 0.384. The number of sulfonamides is 1. The van der Waals surface area contributed by atoms with Crippen LogP contribution < -0.4 is 18.7 Å². The smallest absolute Gasteiger partial charge is 0.417 e. The largest absolute Gasteiger partial charge is 0.497 e. The molecule has 0 N–H and O–H groups in total. The predicted octanol–water partition coefficient (Wildman–Crippen LogP) is 7.37. The van der Waals surface area contributed by atoms with Gasteiger partial charge in [-0.3, -0.25) is 0 Å². The van der Waals surface area contributed by atoms with Crippen LogP contribution in [0, 0.1) is 11.6 Å².